The van der Waals surface area contributed by atoms with Gasteiger partial charge >= 0.3 is 0 Å². The molecule has 0 saturated carbocycles. The van der Waals surface area contributed by atoms with Crippen LogP contribution in [0.1, 0.15) is 46.5 Å². The largest absolute Gasteiger partial charge is 0.376 e. The molecule has 2 aromatic heterocycles. The molecule has 2 aromatic carbocycles. The maximum atomic E-state index is 13.9. The summed E-state index contributed by atoms with van der Waals surface area (Å²) in [6.45, 7) is 3.49. The summed E-state index contributed by atoms with van der Waals surface area (Å²) >= 11 is 1.39. The summed E-state index contributed by atoms with van der Waals surface area (Å²) in [7, 11) is 0. The number of aromatic amines is 1. The zero-order valence-electron chi connectivity index (χ0n) is 17.9. The van der Waals surface area contributed by atoms with Crippen LogP contribution in [0.2, 0.25) is 0 Å². The number of Topliss-reactive ketones (excluding diaryl/α,β-unsaturated/α-hetero) is 1. The van der Waals surface area contributed by atoms with E-state index in [1.807, 2.05) is 48.7 Å². The molecule has 1 saturated heterocycles. The lowest BCUT2D eigenvalue weighted by Gasteiger charge is -2.16. The molecule has 0 amide bonds. The van der Waals surface area contributed by atoms with Crippen molar-refractivity contribution in [3.05, 3.63) is 71.4 Å². The number of carbonyl (C=O) groups excluding carboxylic acids is 1. The smallest absolute Gasteiger partial charge is 0.210 e. The molecule has 7 nitrogen and oxygen atoms in total. The zero-order valence-corrected chi connectivity index (χ0v) is 18.7. The molecule has 1 N–H and O–H groups in total. The van der Waals surface area contributed by atoms with Gasteiger partial charge in [-0.2, -0.15) is 0 Å². The van der Waals surface area contributed by atoms with E-state index in [-0.39, 0.29) is 11.9 Å². The second kappa shape index (κ2) is 9.26. The highest BCUT2D eigenvalue weighted by molar-refractivity contribution is 8.00. The first-order valence-corrected chi connectivity index (χ1v) is 11.8. The first-order chi connectivity index (χ1) is 15.7. The van der Waals surface area contributed by atoms with Crippen LogP contribution in [0, 0.1) is 0 Å². The minimum Gasteiger partial charge on any atom is -0.376 e. The molecule has 1 fully saturated rings. The summed E-state index contributed by atoms with van der Waals surface area (Å²) in [6.07, 6.45) is 4.91. The number of ketones is 1. The number of aromatic nitrogens is 5. The fourth-order valence-corrected chi connectivity index (χ4v) is 5.29. The Balaban J connectivity index is 1.49. The van der Waals surface area contributed by atoms with Crippen molar-refractivity contribution >= 4 is 28.4 Å². The fourth-order valence-electron chi connectivity index (χ4n) is 4.24. The van der Waals surface area contributed by atoms with Crippen molar-refractivity contribution in [3.8, 4) is 0 Å². The van der Waals surface area contributed by atoms with Crippen molar-refractivity contribution in [2.45, 2.75) is 49.2 Å². The van der Waals surface area contributed by atoms with Crippen LogP contribution in [0.4, 0.5) is 0 Å². The lowest BCUT2D eigenvalue weighted by atomic mass is 10.0. The molecule has 1 aliphatic heterocycles. The van der Waals surface area contributed by atoms with Gasteiger partial charge in [-0.05, 0) is 40.8 Å². The molecule has 1 aliphatic rings. The molecular weight excluding hydrogens is 422 g/mol. The van der Waals surface area contributed by atoms with Gasteiger partial charge in [0.25, 0.3) is 0 Å². The fraction of sp³-hybridized carbons (Fsp3) is 0.333. The highest BCUT2D eigenvalue weighted by Crippen LogP contribution is 2.38. The Labute approximate surface area is 190 Å². The van der Waals surface area contributed by atoms with Crippen molar-refractivity contribution in [3.63, 3.8) is 0 Å². The van der Waals surface area contributed by atoms with Crippen molar-refractivity contribution in [2.75, 3.05) is 6.61 Å². The Morgan fingerprint density at radius 3 is 2.91 bits per heavy atom. The van der Waals surface area contributed by atoms with Gasteiger partial charge in [-0.1, -0.05) is 67.2 Å². The molecule has 0 spiro atoms. The average Bonchev–Trinajstić information content (AvgIpc) is 3.59. The Morgan fingerprint density at radius 1 is 1.25 bits per heavy atom. The highest BCUT2D eigenvalue weighted by Gasteiger charge is 2.29. The van der Waals surface area contributed by atoms with Crippen LogP contribution in [-0.2, 0) is 17.7 Å². The third-order valence-electron chi connectivity index (χ3n) is 5.91. The van der Waals surface area contributed by atoms with E-state index in [0.29, 0.717) is 17.3 Å². The second-order valence-electron chi connectivity index (χ2n) is 7.95. The van der Waals surface area contributed by atoms with Gasteiger partial charge in [0, 0.05) is 29.3 Å². The summed E-state index contributed by atoms with van der Waals surface area (Å²) in [5.41, 5.74) is 3.84. The number of para-hydroxylation sites is 1. The summed E-state index contributed by atoms with van der Waals surface area (Å²) < 4.78 is 7.51. The topological polar surface area (TPSA) is 85.7 Å². The minimum absolute atomic E-state index is 0.0346. The third kappa shape index (κ3) is 4.08. The summed E-state index contributed by atoms with van der Waals surface area (Å²) in [6, 6.07) is 15.9. The van der Waals surface area contributed by atoms with Gasteiger partial charge in [-0.25, -0.2) is 4.68 Å². The van der Waals surface area contributed by atoms with Gasteiger partial charge in [0.15, 0.2) is 5.78 Å². The van der Waals surface area contributed by atoms with Gasteiger partial charge in [0.2, 0.25) is 5.16 Å². The lowest BCUT2D eigenvalue weighted by molar-refractivity contribution is 0.0911. The van der Waals surface area contributed by atoms with E-state index in [2.05, 4.69) is 33.5 Å². The quantitative estimate of drug-likeness (QED) is 0.314. The number of benzene rings is 2. The number of H-pyrrole nitrogens is 1. The van der Waals surface area contributed by atoms with Crippen LogP contribution < -0.4 is 0 Å². The number of tetrazole rings is 1. The number of carbonyl (C=O) groups is 1. The monoisotopic (exact) mass is 447 g/mol. The number of fused-ring (bicyclic) bond motifs is 1. The van der Waals surface area contributed by atoms with Crippen molar-refractivity contribution in [1.29, 1.82) is 0 Å². The molecule has 32 heavy (non-hydrogen) atoms. The molecule has 3 heterocycles. The molecule has 4 aromatic rings. The van der Waals surface area contributed by atoms with Crippen LogP contribution in [0.25, 0.3) is 10.9 Å². The predicted molar refractivity (Wildman–Crippen MR) is 124 cm³/mol. The van der Waals surface area contributed by atoms with Crippen LogP contribution in [0.15, 0.2) is 59.9 Å². The number of hydrogen-bond acceptors (Lipinski definition) is 6. The Bertz CT molecular complexity index is 1210. The Hall–Kier alpha value is -2.97. The van der Waals surface area contributed by atoms with Crippen molar-refractivity contribution in [1.82, 2.24) is 25.2 Å². The second-order valence-corrected chi connectivity index (χ2v) is 9.02. The minimum atomic E-state index is -0.463. The summed E-state index contributed by atoms with van der Waals surface area (Å²) in [5.74, 6) is 0.0346. The normalized spacial score (nSPS) is 17.1. The number of aryl methyl sites for hydroxylation is 1. The SMILES string of the molecule is CCc1cccc2c(C(=O)[C@H](Sc3nnnn3C[C@@H]3CCCO3)c3ccccc3)c[nH]c12. The van der Waals surface area contributed by atoms with E-state index in [9.17, 15) is 4.79 Å². The van der Waals surface area contributed by atoms with E-state index in [4.69, 9.17) is 4.74 Å². The molecule has 0 radical (unpaired) electrons. The van der Waals surface area contributed by atoms with E-state index in [1.54, 1.807) is 4.68 Å². The number of ether oxygens (including phenoxy) is 1. The van der Waals surface area contributed by atoms with Crippen LogP contribution >= 0.6 is 11.8 Å². The van der Waals surface area contributed by atoms with E-state index in [0.717, 1.165) is 42.3 Å². The summed E-state index contributed by atoms with van der Waals surface area (Å²) in [5, 5.41) is 13.4. The average molecular weight is 448 g/mol. The number of thioether (sulfide) groups is 1. The molecule has 2 atom stereocenters. The Kier molecular flexibility index (Phi) is 6.05. The maximum Gasteiger partial charge on any atom is 0.210 e. The van der Waals surface area contributed by atoms with E-state index < -0.39 is 5.25 Å². The molecule has 164 valence electrons. The van der Waals surface area contributed by atoms with Crippen LogP contribution in [0.5, 0.6) is 0 Å². The number of nitrogens with one attached hydrogen (secondary N) is 1. The highest BCUT2D eigenvalue weighted by atomic mass is 32.2. The number of hydrogen-bond donors (Lipinski definition) is 1. The molecule has 0 unspecified atom stereocenters. The van der Waals surface area contributed by atoms with Crippen LogP contribution in [-0.4, -0.2) is 43.7 Å². The van der Waals surface area contributed by atoms with Gasteiger partial charge in [0.05, 0.1) is 12.6 Å². The van der Waals surface area contributed by atoms with Gasteiger partial charge < -0.3 is 9.72 Å². The lowest BCUT2D eigenvalue weighted by Crippen LogP contribution is -2.18. The number of nitrogens with zero attached hydrogens (tertiary/aromatic N) is 4. The van der Waals surface area contributed by atoms with E-state index >= 15 is 0 Å². The van der Waals surface area contributed by atoms with Crippen molar-refractivity contribution < 1.29 is 9.53 Å². The van der Waals surface area contributed by atoms with Crippen LogP contribution in [0.3, 0.4) is 0 Å². The first-order valence-electron chi connectivity index (χ1n) is 11.0. The number of rotatable bonds is 8. The zero-order chi connectivity index (χ0) is 21.9. The molecule has 5 rings (SSSR count). The molecule has 0 bridgehead atoms. The maximum absolute atomic E-state index is 13.9. The molecule has 8 heteroatoms. The molecular formula is C24H25N5O2S. The third-order valence-corrected chi connectivity index (χ3v) is 7.14. The van der Waals surface area contributed by atoms with Gasteiger partial charge in [-0.3, -0.25) is 4.79 Å². The first kappa shape index (κ1) is 20.9. The van der Waals surface area contributed by atoms with Gasteiger partial charge in [0.1, 0.15) is 5.25 Å². The van der Waals surface area contributed by atoms with E-state index in [1.165, 1.54) is 17.3 Å². The van der Waals surface area contributed by atoms with Crippen molar-refractivity contribution in [2.24, 2.45) is 0 Å². The Morgan fingerprint density at radius 2 is 2.12 bits per heavy atom. The predicted octanol–water partition coefficient (Wildman–Crippen LogP) is 4.61. The standard InChI is InChI=1S/C24H25N5O2S/c1-2-16-10-6-12-19-20(14-25-21(16)19)22(30)23(17-8-4-3-5-9-17)32-24-26-27-28-29(24)15-18-11-7-13-31-18/h3-6,8-10,12,14,18,23,25H,2,7,11,13,15H2,1H3/t18-,23+/m0/s1. The molecule has 0 aliphatic carbocycles. The summed E-state index contributed by atoms with van der Waals surface area (Å²) in [4.78, 5) is 17.2. The van der Waals surface area contributed by atoms with Gasteiger partial charge in [-0.15, -0.1) is 5.10 Å².